The molecule has 0 amide bonds. The van der Waals surface area contributed by atoms with Gasteiger partial charge in [-0.25, -0.2) is 27.4 Å². The first kappa shape index (κ1) is 121. The van der Waals surface area contributed by atoms with Gasteiger partial charge >= 0.3 is 36.6 Å². The maximum Gasteiger partial charge on any atom is 0.512 e. The number of hydrogen-bond donors (Lipinski definition) is 0. The number of carbonyl (C=O) groups excluding carboxylic acids is 6. The summed E-state index contributed by atoms with van der Waals surface area (Å²) in [7, 11) is 3.82. The highest BCUT2D eigenvalue weighted by molar-refractivity contribution is 5.72. The largest absolute Gasteiger partial charge is 1.00 e. The Kier molecular flexibility index (Phi) is 55.8. The summed E-state index contributed by atoms with van der Waals surface area (Å²) >= 11 is 0. The smallest absolute Gasteiger partial charge is 0.512 e. The predicted molar refractivity (Wildman–Crippen MR) is 478 cm³/mol. The molecule has 0 saturated heterocycles. The average Bonchev–Trinajstić information content (AvgIpc) is 1.77. The number of imidazole rings is 6. The number of aromatic nitrogens is 12. The normalized spacial score (nSPS) is 25.2. The van der Waals surface area contributed by atoms with Crippen LogP contribution < -0.4 is 102 Å². The lowest BCUT2D eigenvalue weighted by molar-refractivity contribution is -0.715. The van der Waals surface area contributed by atoms with Crippen LogP contribution in [0.5, 0.6) is 0 Å². The molecular formula is C99H168Cl6N12O12. The van der Waals surface area contributed by atoms with Crippen molar-refractivity contribution in [1.82, 2.24) is 27.4 Å². The van der Waals surface area contributed by atoms with Crippen molar-refractivity contribution in [1.29, 1.82) is 0 Å². The molecule has 6 heterocycles. The number of nitrogens with zero attached hydrogens (tertiary/aromatic N) is 12. The van der Waals surface area contributed by atoms with Crippen LogP contribution in [0, 0.1) is 113 Å². The predicted octanol–water partition coefficient (Wildman–Crippen LogP) is 2.54. The van der Waals surface area contributed by atoms with Crippen LogP contribution in [-0.4, -0.2) is 101 Å². The van der Waals surface area contributed by atoms with Crippen molar-refractivity contribution in [2.75, 3.05) is 0 Å². The summed E-state index contributed by atoms with van der Waals surface area (Å²) in [5.74, 6) is 11.0. The van der Waals surface area contributed by atoms with Crippen molar-refractivity contribution in [3.63, 3.8) is 0 Å². The van der Waals surface area contributed by atoms with E-state index in [0.717, 1.165) is 115 Å². The number of carbonyl (C=O) groups is 6. The second-order valence-corrected chi connectivity index (χ2v) is 40.3. The Labute approximate surface area is 813 Å². The van der Waals surface area contributed by atoms with Gasteiger partial charge in [-0.05, 0) is 217 Å². The topological polar surface area (TPSA) is 211 Å². The highest BCUT2D eigenvalue weighted by Crippen LogP contribution is 2.41. The van der Waals surface area contributed by atoms with Crippen LogP contribution in [0.25, 0.3) is 0 Å². The maximum absolute atomic E-state index is 12.4. The lowest BCUT2D eigenvalue weighted by atomic mass is 9.75. The van der Waals surface area contributed by atoms with Crippen molar-refractivity contribution >= 4 is 36.6 Å². The van der Waals surface area contributed by atoms with E-state index in [2.05, 4.69) is 152 Å². The molecule has 6 aromatic heterocycles. The third kappa shape index (κ3) is 37.9. The fourth-order valence-electron chi connectivity index (χ4n) is 19.3. The summed E-state index contributed by atoms with van der Waals surface area (Å²) in [6, 6.07) is 0.345. The molecule has 24 nitrogen and oxygen atoms in total. The average molecular weight is 1930 g/mol. The van der Waals surface area contributed by atoms with Crippen LogP contribution >= 0.6 is 0 Å². The molecule has 0 bridgehead atoms. The van der Waals surface area contributed by atoms with Crippen LogP contribution in [0.1, 0.15) is 306 Å². The van der Waals surface area contributed by atoms with Gasteiger partial charge in [0.2, 0.25) is 0 Å². The van der Waals surface area contributed by atoms with E-state index < -0.39 is 0 Å². The van der Waals surface area contributed by atoms with Gasteiger partial charge < -0.3 is 103 Å². The molecule has 6 aliphatic carbocycles. The first-order chi connectivity index (χ1) is 58.3. The molecule has 0 spiro atoms. The van der Waals surface area contributed by atoms with Crippen LogP contribution in [0.15, 0.2) is 106 Å². The number of aryl methyl sites for hydroxylation is 5. The molecule has 6 aromatic rings. The van der Waals surface area contributed by atoms with E-state index in [1.54, 1.807) is 72.7 Å². The van der Waals surface area contributed by atoms with Crippen LogP contribution in [-0.2, 0) is 62.2 Å². The summed E-state index contributed by atoms with van der Waals surface area (Å²) in [5.41, 5.74) is 0. The Balaban J connectivity index is 0.000000767. The van der Waals surface area contributed by atoms with Gasteiger partial charge in [0.15, 0.2) is 0 Å². The van der Waals surface area contributed by atoms with E-state index in [9.17, 15) is 28.8 Å². The van der Waals surface area contributed by atoms with E-state index in [4.69, 9.17) is 28.4 Å². The highest BCUT2D eigenvalue weighted by atomic mass is 35.5. The van der Waals surface area contributed by atoms with Gasteiger partial charge in [0, 0.05) is 6.92 Å². The fraction of sp³-hybridized carbons (Fsp3) is 0.758. The standard InChI is InChI=1S/C18H31N2O2.2C17H29N2O2.2C16H27N2O2.C15H25N2O2.6ClH/c1-5-6-9-19-10-11-20(13-19)18(21)22-17-12-15(4)7-8-16(17)14(2)3;1-12(2)15-7-6-14(5)10-16(15)21-17(20)19-9-8-18(11-19)13(3)4;1-5-8-18-9-10-19(12-18)17(20)21-16-11-14(4)6-7-15(16)13(2)3;1-11(2)14-7-6-12(3)10-15(14)20-16(19)18-9-8-17(5)13(18)4;1-5-17-8-9-18(11-17)16(19)20-15-10-13(4)6-7-14(15)12(2)3;1-11(2)13-6-5-12(3)9-14(13)19-15(18)17-8-7-16(4)10-17;;;;;;/h10-11,13-17H,5-9,12H2,1-4H3;8-9,11-16H,6-7,10H2,1-5H3;9-10,12-16H,5-8,11H2,1-4H3;8-9,11-12,14-15H,6-7,10H2,1-5H3;8-9,11-15H,5-7,10H2,1-4H3;7-8,10-14H,5-6,9H2,1-4H3;6*1H/q6*+1;;;;;;/p-6/t15-,16+,17-;2*14-,15+,16-;12-,14+,15-;13-,14+,15-;12-,13+,14-;;;;;;/m111111....../s1. The summed E-state index contributed by atoms with van der Waals surface area (Å²) in [4.78, 5) is 73.8. The molecule has 129 heavy (non-hydrogen) atoms. The van der Waals surface area contributed by atoms with Gasteiger partial charge in [-0.2, -0.15) is 28.8 Å². The lowest BCUT2D eigenvalue weighted by Gasteiger charge is -2.36. The molecule has 0 N–H and O–H groups in total. The summed E-state index contributed by atoms with van der Waals surface area (Å²) in [5, 5.41) is 0. The molecule has 0 unspecified atom stereocenters. The van der Waals surface area contributed by atoms with E-state index in [1.165, 1.54) is 49.5 Å². The molecule has 0 radical (unpaired) electrons. The quantitative estimate of drug-likeness (QED) is 0.0847. The molecule has 0 aromatic carbocycles. The maximum atomic E-state index is 12.4. The van der Waals surface area contributed by atoms with Gasteiger partial charge in [0.25, 0.3) is 37.5 Å². The van der Waals surface area contributed by atoms with Gasteiger partial charge in [0.05, 0.1) is 39.8 Å². The molecule has 30 heteroatoms. The zero-order chi connectivity index (χ0) is 90.6. The van der Waals surface area contributed by atoms with E-state index in [1.807, 2.05) is 112 Å². The minimum atomic E-state index is -0.259. The van der Waals surface area contributed by atoms with Crippen LogP contribution in [0.4, 0.5) is 28.8 Å². The fourth-order valence-corrected chi connectivity index (χ4v) is 19.3. The van der Waals surface area contributed by atoms with Crippen LogP contribution in [0.3, 0.4) is 0 Å². The molecule has 18 atom stereocenters. The molecule has 12 rings (SSSR count). The minimum absolute atomic E-state index is 0. The molecule has 6 fully saturated rings. The number of ether oxygens (including phenoxy) is 6. The molecule has 738 valence electrons. The number of halogens is 6. The zero-order valence-corrected chi connectivity index (χ0v) is 87.8. The van der Waals surface area contributed by atoms with E-state index in [0.29, 0.717) is 113 Å². The number of hydrogen-bond acceptors (Lipinski definition) is 12. The Hall–Kier alpha value is -6.18. The third-order valence-corrected chi connectivity index (χ3v) is 27.5. The van der Waals surface area contributed by atoms with Gasteiger partial charge in [-0.3, -0.25) is 0 Å². The molecule has 0 aliphatic heterocycles. The molecule has 6 aliphatic rings. The highest BCUT2D eigenvalue weighted by Gasteiger charge is 2.42. The number of rotatable bonds is 19. The SMILES string of the molecule is CC(C)[C@@H]1CC[C@@H](C)C[C@H]1OC(=O)n1cc[n+](C(C)C)c1.CC(C)[C@@H]1CC[C@@H](C)C[C@H]1OC(=O)n1cc[n+](C)c1.CCCC[n+]1ccn(C(=O)O[C@@H]2C[C@H](C)CC[C@H]2C(C)C)c1.CCC[n+]1ccn(C(=O)O[C@@H]2C[C@H](C)CC[C@H]2C(C)C)c1.CC[n+]1ccn(C(=O)O[C@@H]2C[C@H](C)CC[C@H]2C(C)C)c1.Cc1n(C(=O)O[C@@H]2C[C@H](C)CC[C@H]2C(C)C)cc[n+]1C.[Cl-].[Cl-].[Cl-].[Cl-].[Cl-].[Cl-]. The minimum Gasteiger partial charge on any atom is -1.00 e. The van der Waals surface area contributed by atoms with Gasteiger partial charge in [0.1, 0.15) is 111 Å². The second kappa shape index (κ2) is 59.5. The monoisotopic (exact) mass is 1930 g/mol. The molecule has 6 saturated carbocycles. The Morgan fingerprint density at radius 1 is 0.326 bits per heavy atom. The zero-order valence-electron chi connectivity index (χ0n) is 83.3. The van der Waals surface area contributed by atoms with Crippen molar-refractivity contribution in [3.8, 4) is 0 Å². The summed E-state index contributed by atoms with van der Waals surface area (Å²) in [6.45, 7) is 55.4. The van der Waals surface area contributed by atoms with E-state index in [-0.39, 0.29) is 148 Å². The lowest BCUT2D eigenvalue weighted by Crippen LogP contribution is -3.00. The first-order valence-corrected chi connectivity index (χ1v) is 47.9. The Morgan fingerprint density at radius 3 is 0.829 bits per heavy atom. The number of unbranched alkanes of at least 4 members (excludes halogenated alkanes) is 1. The van der Waals surface area contributed by atoms with Gasteiger partial charge in [-0.15, -0.1) is 27.4 Å². The Morgan fingerprint density at radius 2 is 0.589 bits per heavy atom. The third-order valence-electron chi connectivity index (χ3n) is 27.5. The van der Waals surface area contributed by atoms with Crippen molar-refractivity contribution < 1.29 is 159 Å². The summed E-state index contributed by atoms with van der Waals surface area (Å²) in [6.07, 6.45) is 53.6. The Bertz CT molecular complexity index is 4170. The molecular weight excluding hydrogens is 1760 g/mol. The van der Waals surface area contributed by atoms with Crippen molar-refractivity contribution in [2.45, 2.75) is 363 Å². The first-order valence-electron chi connectivity index (χ1n) is 47.9. The van der Waals surface area contributed by atoms with E-state index >= 15 is 0 Å². The van der Waals surface area contributed by atoms with Crippen molar-refractivity contribution in [2.24, 2.45) is 121 Å². The summed E-state index contributed by atoms with van der Waals surface area (Å²) < 4.78 is 56.0. The van der Waals surface area contributed by atoms with Crippen LogP contribution in [0.2, 0.25) is 0 Å². The van der Waals surface area contributed by atoms with Gasteiger partial charge in [-0.1, -0.05) is 183 Å². The van der Waals surface area contributed by atoms with Crippen molar-refractivity contribution in [3.05, 3.63) is 112 Å². The second-order valence-electron chi connectivity index (χ2n) is 40.3.